The van der Waals surface area contributed by atoms with Gasteiger partial charge < -0.3 is 5.32 Å². The van der Waals surface area contributed by atoms with Crippen LogP contribution in [0.5, 0.6) is 0 Å². The minimum Gasteiger partial charge on any atom is -0.357 e. The summed E-state index contributed by atoms with van der Waals surface area (Å²) in [5.41, 5.74) is 3.05. The monoisotopic (exact) mass is 200 g/mol. The van der Waals surface area contributed by atoms with Crippen LogP contribution in [0.1, 0.15) is 5.56 Å². The Labute approximate surface area is 88.4 Å². The first kappa shape index (κ1) is 9.58. The molecule has 2 heterocycles. The molecule has 4 nitrogen and oxygen atoms in total. The van der Waals surface area contributed by atoms with Crippen molar-refractivity contribution in [2.75, 3.05) is 12.4 Å². The number of aryl methyl sites for hydroxylation is 1. The van der Waals surface area contributed by atoms with Crippen LogP contribution in [-0.4, -0.2) is 22.0 Å². The zero-order valence-corrected chi connectivity index (χ0v) is 8.73. The Morgan fingerprint density at radius 3 is 2.60 bits per heavy atom. The summed E-state index contributed by atoms with van der Waals surface area (Å²) in [5.74, 6) is 0.632. The molecule has 0 saturated carbocycles. The molecule has 2 aromatic heterocycles. The lowest BCUT2D eigenvalue weighted by Gasteiger charge is -2.06. The van der Waals surface area contributed by atoms with Gasteiger partial charge in [-0.25, -0.2) is 9.97 Å². The summed E-state index contributed by atoms with van der Waals surface area (Å²) in [6.07, 6.45) is 5.33. The summed E-state index contributed by atoms with van der Waals surface area (Å²) in [4.78, 5) is 12.5. The fourth-order valence-electron chi connectivity index (χ4n) is 1.36. The van der Waals surface area contributed by atoms with Crippen molar-refractivity contribution in [1.29, 1.82) is 0 Å². The van der Waals surface area contributed by atoms with Gasteiger partial charge in [-0.2, -0.15) is 0 Å². The summed E-state index contributed by atoms with van der Waals surface area (Å²) in [6, 6.07) is 3.88. The van der Waals surface area contributed by atoms with Crippen LogP contribution >= 0.6 is 0 Å². The van der Waals surface area contributed by atoms with Crippen molar-refractivity contribution >= 4 is 5.95 Å². The Balaban J connectivity index is 2.52. The molecule has 2 aromatic rings. The molecule has 0 aliphatic rings. The summed E-state index contributed by atoms with van der Waals surface area (Å²) in [6.45, 7) is 2.00. The largest absolute Gasteiger partial charge is 0.357 e. The summed E-state index contributed by atoms with van der Waals surface area (Å²) in [7, 11) is 1.81. The van der Waals surface area contributed by atoms with Crippen molar-refractivity contribution in [3.63, 3.8) is 0 Å². The smallest absolute Gasteiger partial charge is 0.222 e. The van der Waals surface area contributed by atoms with Gasteiger partial charge in [0, 0.05) is 31.2 Å². The quantitative estimate of drug-likeness (QED) is 0.804. The van der Waals surface area contributed by atoms with Gasteiger partial charge in [-0.05, 0) is 24.6 Å². The molecule has 1 N–H and O–H groups in total. The summed E-state index contributed by atoms with van der Waals surface area (Å²) in [5, 5.41) is 2.93. The maximum Gasteiger partial charge on any atom is 0.222 e. The summed E-state index contributed by atoms with van der Waals surface area (Å²) >= 11 is 0. The normalized spacial score (nSPS) is 10.0. The predicted octanol–water partition coefficient (Wildman–Crippen LogP) is 1.89. The summed E-state index contributed by atoms with van der Waals surface area (Å²) < 4.78 is 0. The van der Waals surface area contributed by atoms with E-state index in [1.807, 2.05) is 25.3 Å². The molecule has 15 heavy (non-hydrogen) atoms. The third-order valence-electron chi connectivity index (χ3n) is 2.15. The van der Waals surface area contributed by atoms with E-state index >= 15 is 0 Å². The van der Waals surface area contributed by atoms with Gasteiger partial charge in [0.1, 0.15) is 0 Å². The second-order valence-corrected chi connectivity index (χ2v) is 3.21. The lowest BCUT2D eigenvalue weighted by molar-refractivity contribution is 1.12. The van der Waals surface area contributed by atoms with Crippen LogP contribution in [0.25, 0.3) is 11.3 Å². The second-order valence-electron chi connectivity index (χ2n) is 3.21. The molecule has 76 valence electrons. The highest BCUT2D eigenvalue weighted by Gasteiger charge is 2.04. The van der Waals surface area contributed by atoms with Gasteiger partial charge in [0.15, 0.2) is 0 Å². The molecular weight excluding hydrogens is 188 g/mol. The van der Waals surface area contributed by atoms with E-state index in [-0.39, 0.29) is 0 Å². The molecule has 0 radical (unpaired) electrons. The molecular formula is C11H12N4. The van der Waals surface area contributed by atoms with Crippen LogP contribution in [0.15, 0.2) is 30.7 Å². The number of aromatic nitrogens is 3. The first-order valence-corrected chi connectivity index (χ1v) is 4.73. The number of hydrogen-bond donors (Lipinski definition) is 1. The lowest BCUT2D eigenvalue weighted by Crippen LogP contribution is -1.99. The topological polar surface area (TPSA) is 50.7 Å². The van der Waals surface area contributed by atoms with Crippen LogP contribution in [-0.2, 0) is 0 Å². The Morgan fingerprint density at radius 1 is 1.20 bits per heavy atom. The number of anilines is 1. The van der Waals surface area contributed by atoms with E-state index in [2.05, 4.69) is 20.3 Å². The van der Waals surface area contributed by atoms with Crippen molar-refractivity contribution in [1.82, 2.24) is 15.0 Å². The highest BCUT2D eigenvalue weighted by atomic mass is 15.1. The standard InChI is InChI=1S/C11H12N4/c1-8-7-14-11(12-2)15-10(8)9-3-5-13-6-4-9/h3-7H,1-2H3,(H,12,14,15). The zero-order chi connectivity index (χ0) is 10.7. The molecule has 2 rings (SSSR count). The second kappa shape index (κ2) is 4.04. The van der Waals surface area contributed by atoms with Crippen LogP contribution in [0.4, 0.5) is 5.95 Å². The van der Waals surface area contributed by atoms with E-state index in [1.54, 1.807) is 19.4 Å². The lowest BCUT2D eigenvalue weighted by atomic mass is 10.1. The Morgan fingerprint density at radius 2 is 1.93 bits per heavy atom. The number of rotatable bonds is 2. The SMILES string of the molecule is CNc1ncc(C)c(-c2ccncc2)n1. The van der Waals surface area contributed by atoms with Crippen molar-refractivity contribution < 1.29 is 0 Å². The fraction of sp³-hybridized carbons (Fsp3) is 0.182. The van der Waals surface area contributed by atoms with Gasteiger partial charge in [-0.3, -0.25) is 4.98 Å². The van der Waals surface area contributed by atoms with E-state index in [9.17, 15) is 0 Å². The van der Waals surface area contributed by atoms with Gasteiger partial charge in [-0.15, -0.1) is 0 Å². The number of pyridine rings is 1. The average Bonchev–Trinajstić information content (AvgIpc) is 2.31. The first-order chi connectivity index (χ1) is 7.31. The van der Waals surface area contributed by atoms with Crippen molar-refractivity contribution in [3.05, 3.63) is 36.3 Å². The van der Waals surface area contributed by atoms with E-state index in [0.29, 0.717) is 5.95 Å². The first-order valence-electron chi connectivity index (χ1n) is 4.73. The van der Waals surface area contributed by atoms with E-state index in [4.69, 9.17) is 0 Å². The van der Waals surface area contributed by atoms with Crippen LogP contribution in [0, 0.1) is 6.92 Å². The average molecular weight is 200 g/mol. The molecule has 0 spiro atoms. The van der Waals surface area contributed by atoms with Crippen molar-refractivity contribution in [3.8, 4) is 11.3 Å². The van der Waals surface area contributed by atoms with Gasteiger partial charge in [0.05, 0.1) is 5.69 Å². The van der Waals surface area contributed by atoms with E-state index < -0.39 is 0 Å². The zero-order valence-electron chi connectivity index (χ0n) is 8.73. The van der Waals surface area contributed by atoms with Crippen LogP contribution in [0.3, 0.4) is 0 Å². The molecule has 0 fully saturated rings. The number of nitrogens with one attached hydrogen (secondary N) is 1. The highest BCUT2D eigenvalue weighted by molar-refractivity contribution is 5.62. The minimum absolute atomic E-state index is 0.632. The molecule has 0 saturated heterocycles. The van der Waals surface area contributed by atoms with Crippen LogP contribution < -0.4 is 5.32 Å². The highest BCUT2D eigenvalue weighted by Crippen LogP contribution is 2.20. The van der Waals surface area contributed by atoms with Crippen molar-refractivity contribution in [2.24, 2.45) is 0 Å². The Kier molecular flexibility index (Phi) is 2.58. The number of hydrogen-bond acceptors (Lipinski definition) is 4. The minimum atomic E-state index is 0.632. The van der Waals surface area contributed by atoms with Gasteiger partial charge in [0.25, 0.3) is 0 Å². The predicted molar refractivity (Wildman–Crippen MR) is 59.5 cm³/mol. The van der Waals surface area contributed by atoms with E-state index in [0.717, 1.165) is 16.8 Å². The molecule has 0 aliphatic heterocycles. The Hall–Kier alpha value is -1.97. The van der Waals surface area contributed by atoms with Crippen molar-refractivity contribution in [2.45, 2.75) is 6.92 Å². The van der Waals surface area contributed by atoms with Gasteiger partial charge >= 0.3 is 0 Å². The fourth-order valence-corrected chi connectivity index (χ4v) is 1.36. The number of nitrogens with zero attached hydrogens (tertiary/aromatic N) is 3. The molecule has 0 unspecified atom stereocenters. The third-order valence-corrected chi connectivity index (χ3v) is 2.15. The molecule has 0 amide bonds. The maximum absolute atomic E-state index is 4.41. The van der Waals surface area contributed by atoms with Crippen LogP contribution in [0.2, 0.25) is 0 Å². The van der Waals surface area contributed by atoms with Gasteiger partial charge in [0.2, 0.25) is 5.95 Å². The van der Waals surface area contributed by atoms with E-state index in [1.165, 1.54) is 0 Å². The molecule has 0 aliphatic carbocycles. The van der Waals surface area contributed by atoms with Gasteiger partial charge in [-0.1, -0.05) is 0 Å². The molecule has 4 heteroatoms. The molecule has 0 bridgehead atoms. The maximum atomic E-state index is 4.41. The molecule has 0 atom stereocenters. The third kappa shape index (κ3) is 1.93. The Bertz CT molecular complexity index is 453. The molecule has 0 aromatic carbocycles.